The predicted octanol–water partition coefficient (Wildman–Crippen LogP) is 4.19. The third kappa shape index (κ3) is 4.36. The second-order valence-corrected chi connectivity index (χ2v) is 10.1. The first-order valence-corrected chi connectivity index (χ1v) is 12.2. The summed E-state index contributed by atoms with van der Waals surface area (Å²) in [5.41, 5.74) is 1.23. The first-order chi connectivity index (χ1) is 16.9. The number of rotatable bonds is 4. The van der Waals surface area contributed by atoms with Gasteiger partial charge in [-0.3, -0.25) is 4.90 Å². The van der Waals surface area contributed by atoms with Crippen molar-refractivity contribution in [3.05, 3.63) is 45.2 Å². The summed E-state index contributed by atoms with van der Waals surface area (Å²) in [4.78, 5) is 46.0. The van der Waals surface area contributed by atoms with E-state index in [-0.39, 0.29) is 59.0 Å². The van der Waals surface area contributed by atoms with Crippen LogP contribution in [0.15, 0.2) is 17.2 Å². The summed E-state index contributed by atoms with van der Waals surface area (Å²) in [6.07, 6.45) is 0.447. The van der Waals surface area contributed by atoms with E-state index in [1.165, 1.54) is 21.9 Å². The zero-order chi connectivity index (χ0) is 26.5. The van der Waals surface area contributed by atoms with Gasteiger partial charge < -0.3 is 10.0 Å². The highest BCUT2D eigenvalue weighted by Gasteiger charge is 2.35. The van der Waals surface area contributed by atoms with Crippen LogP contribution >= 0.6 is 11.6 Å². The van der Waals surface area contributed by atoms with Crippen LogP contribution in [-0.2, 0) is 0 Å². The Balaban J connectivity index is 2.02. The minimum Gasteiger partial charge on any atom is -0.465 e. The SMILES string of the molecule is CC(C)c1ncnc(C(C)C)c1-n1c(=O)nc(N2C[C@@H](C)N(C(=O)O)[C@@H](C)C2)c2cc(F)c(Cl)nc21. The molecule has 10 nitrogen and oxygen atoms in total. The third-order valence-corrected chi connectivity index (χ3v) is 6.66. The molecule has 0 saturated carbocycles. The fourth-order valence-corrected chi connectivity index (χ4v) is 5.01. The minimum atomic E-state index is -1.02. The number of carbonyl (C=O) groups is 1. The number of piperazine rings is 1. The Morgan fingerprint density at radius 3 is 2.14 bits per heavy atom. The smallest absolute Gasteiger partial charge is 0.407 e. The molecule has 12 heteroatoms. The lowest BCUT2D eigenvalue weighted by Gasteiger charge is -2.43. The van der Waals surface area contributed by atoms with E-state index in [0.29, 0.717) is 17.1 Å². The molecular formula is C24H29ClFN7O3. The van der Waals surface area contributed by atoms with Gasteiger partial charge in [0.15, 0.2) is 16.6 Å². The van der Waals surface area contributed by atoms with Gasteiger partial charge in [0.2, 0.25) is 0 Å². The molecule has 0 aromatic carbocycles. The van der Waals surface area contributed by atoms with Crippen molar-refractivity contribution >= 4 is 34.5 Å². The van der Waals surface area contributed by atoms with E-state index in [1.54, 1.807) is 18.7 Å². The predicted molar refractivity (Wildman–Crippen MR) is 135 cm³/mol. The van der Waals surface area contributed by atoms with Gasteiger partial charge in [0.05, 0.1) is 34.5 Å². The van der Waals surface area contributed by atoms with Crippen molar-refractivity contribution in [1.82, 2.24) is 29.4 Å². The number of amides is 1. The maximum Gasteiger partial charge on any atom is 0.407 e. The Morgan fingerprint density at radius 2 is 1.64 bits per heavy atom. The first kappa shape index (κ1) is 25.7. The minimum absolute atomic E-state index is 0.0520. The Morgan fingerprint density at radius 1 is 1.08 bits per heavy atom. The van der Waals surface area contributed by atoms with Gasteiger partial charge in [-0.2, -0.15) is 4.98 Å². The van der Waals surface area contributed by atoms with Crippen LogP contribution in [0.3, 0.4) is 0 Å². The van der Waals surface area contributed by atoms with Crippen LogP contribution in [0, 0.1) is 5.82 Å². The summed E-state index contributed by atoms with van der Waals surface area (Å²) in [5, 5.41) is 9.48. The molecule has 36 heavy (non-hydrogen) atoms. The molecule has 1 aliphatic rings. The monoisotopic (exact) mass is 517 g/mol. The standard InChI is InChI=1S/C24H29ClFN7O3/c1-11(2)17-19(18(12(3)4)28-10-27-17)33-22-15(7-16(26)20(25)29-22)21(30-23(33)34)31-8-13(5)32(24(35)36)14(6)9-31/h7,10-14H,8-9H2,1-6H3,(H,35,36)/t13-,14+. The lowest BCUT2D eigenvalue weighted by atomic mass is 10.0. The quantitative estimate of drug-likeness (QED) is 0.512. The number of fused-ring (bicyclic) bond motifs is 1. The molecule has 0 radical (unpaired) electrons. The summed E-state index contributed by atoms with van der Waals surface area (Å²) in [6, 6.07) is 0.465. The highest BCUT2D eigenvalue weighted by molar-refractivity contribution is 6.30. The van der Waals surface area contributed by atoms with Crippen LogP contribution in [0.5, 0.6) is 0 Å². The van der Waals surface area contributed by atoms with Crippen LogP contribution in [0.4, 0.5) is 15.0 Å². The summed E-state index contributed by atoms with van der Waals surface area (Å²) >= 11 is 6.10. The van der Waals surface area contributed by atoms with E-state index >= 15 is 0 Å². The number of halogens is 2. The van der Waals surface area contributed by atoms with Crippen molar-refractivity contribution in [2.75, 3.05) is 18.0 Å². The maximum atomic E-state index is 14.7. The van der Waals surface area contributed by atoms with Crippen LogP contribution in [-0.4, -0.2) is 65.8 Å². The second kappa shape index (κ2) is 9.61. The highest BCUT2D eigenvalue weighted by Crippen LogP contribution is 2.33. The maximum absolute atomic E-state index is 14.7. The molecule has 1 aliphatic heterocycles. The molecule has 0 unspecified atom stereocenters. The van der Waals surface area contributed by atoms with Gasteiger partial charge >= 0.3 is 11.8 Å². The molecule has 4 rings (SSSR count). The van der Waals surface area contributed by atoms with Crippen molar-refractivity contribution in [2.45, 2.75) is 65.5 Å². The fourth-order valence-electron chi connectivity index (χ4n) is 4.88. The summed E-state index contributed by atoms with van der Waals surface area (Å²) < 4.78 is 16.0. The first-order valence-electron chi connectivity index (χ1n) is 11.8. The number of aromatic nitrogens is 5. The van der Waals surface area contributed by atoms with Crippen LogP contribution in [0.2, 0.25) is 5.15 Å². The average Bonchev–Trinajstić information content (AvgIpc) is 2.78. The van der Waals surface area contributed by atoms with Crippen molar-refractivity contribution in [1.29, 1.82) is 0 Å². The molecule has 3 aromatic rings. The highest BCUT2D eigenvalue weighted by atomic mass is 35.5. The number of nitrogens with zero attached hydrogens (tertiary/aromatic N) is 7. The van der Waals surface area contributed by atoms with Crippen molar-refractivity contribution in [2.24, 2.45) is 0 Å². The molecule has 0 spiro atoms. The van der Waals surface area contributed by atoms with Crippen molar-refractivity contribution in [3.8, 4) is 5.69 Å². The number of hydrogen-bond acceptors (Lipinski definition) is 7. The topological polar surface area (TPSA) is 117 Å². The van der Waals surface area contributed by atoms with E-state index in [1.807, 2.05) is 27.7 Å². The molecule has 1 amide bonds. The van der Waals surface area contributed by atoms with Crippen LogP contribution in [0.25, 0.3) is 16.7 Å². The molecule has 1 N–H and O–H groups in total. The molecule has 0 bridgehead atoms. The third-order valence-electron chi connectivity index (χ3n) is 6.39. The number of hydrogen-bond donors (Lipinski definition) is 1. The molecule has 2 atom stereocenters. The molecule has 1 saturated heterocycles. The second-order valence-electron chi connectivity index (χ2n) is 9.78. The van der Waals surface area contributed by atoms with Gasteiger partial charge in [-0.25, -0.2) is 33.5 Å². The molecule has 3 aromatic heterocycles. The number of carboxylic acid groups (broad SMARTS) is 1. The van der Waals surface area contributed by atoms with Crippen LogP contribution < -0.4 is 10.6 Å². The lowest BCUT2D eigenvalue weighted by Crippen LogP contribution is -2.58. The molecule has 1 fully saturated rings. The van der Waals surface area contributed by atoms with Gasteiger partial charge in [-0.15, -0.1) is 0 Å². The zero-order valence-corrected chi connectivity index (χ0v) is 21.8. The Hall–Kier alpha value is -3.34. The van der Waals surface area contributed by atoms with Crippen molar-refractivity contribution in [3.63, 3.8) is 0 Å². The summed E-state index contributed by atoms with van der Waals surface area (Å²) in [6.45, 7) is 11.9. The van der Waals surface area contributed by atoms with E-state index in [2.05, 4.69) is 19.9 Å². The van der Waals surface area contributed by atoms with Crippen molar-refractivity contribution < 1.29 is 14.3 Å². The summed E-state index contributed by atoms with van der Waals surface area (Å²) in [7, 11) is 0. The normalized spacial score (nSPS) is 18.5. The fraction of sp³-hybridized carbons (Fsp3) is 0.500. The van der Waals surface area contributed by atoms with Gasteiger partial charge in [-0.1, -0.05) is 39.3 Å². The van der Waals surface area contributed by atoms with E-state index in [9.17, 15) is 19.1 Å². The number of anilines is 1. The largest absolute Gasteiger partial charge is 0.465 e. The molecule has 4 heterocycles. The van der Waals surface area contributed by atoms with Gasteiger partial charge in [0.1, 0.15) is 12.1 Å². The van der Waals surface area contributed by atoms with Gasteiger partial charge in [0.25, 0.3) is 0 Å². The van der Waals surface area contributed by atoms with Gasteiger partial charge in [0, 0.05) is 13.1 Å². The van der Waals surface area contributed by atoms with E-state index in [4.69, 9.17) is 11.6 Å². The van der Waals surface area contributed by atoms with Gasteiger partial charge in [-0.05, 0) is 31.7 Å². The average molecular weight is 518 g/mol. The Bertz CT molecular complexity index is 1360. The molecule has 192 valence electrons. The molecule has 0 aliphatic carbocycles. The van der Waals surface area contributed by atoms with E-state index in [0.717, 1.165) is 0 Å². The lowest BCUT2D eigenvalue weighted by molar-refractivity contribution is 0.0981. The molecular weight excluding hydrogens is 489 g/mol. The summed E-state index contributed by atoms with van der Waals surface area (Å²) in [5.74, 6) is -0.625. The Kier molecular flexibility index (Phi) is 6.87. The number of pyridine rings is 1. The zero-order valence-electron chi connectivity index (χ0n) is 21.0. The van der Waals surface area contributed by atoms with E-state index < -0.39 is 17.6 Å². The Labute approximate surface area is 212 Å². The van der Waals surface area contributed by atoms with Crippen LogP contribution in [0.1, 0.15) is 64.8 Å².